The lowest BCUT2D eigenvalue weighted by molar-refractivity contribution is -0.385. The van der Waals surface area contributed by atoms with Crippen molar-refractivity contribution >= 4 is 22.2 Å². The number of carbonyl (C=O) groups is 1. The highest BCUT2D eigenvalue weighted by atomic mass is 32.2. The fraction of sp³-hybridized carbons (Fsp3) is 0.300. The quantitative estimate of drug-likeness (QED) is 0.468. The predicted molar refractivity (Wildman–Crippen MR) is 65.4 cm³/mol. The molecule has 0 amide bonds. The second-order valence-corrected chi connectivity index (χ2v) is 5.75. The van der Waals surface area contributed by atoms with E-state index in [2.05, 4.69) is 4.72 Å². The van der Waals surface area contributed by atoms with Crippen LogP contribution in [0.5, 0.6) is 0 Å². The Balaban J connectivity index is 2.27. The van der Waals surface area contributed by atoms with Crippen molar-refractivity contribution in [3.8, 4) is 0 Å². The van der Waals surface area contributed by atoms with Crippen molar-refractivity contribution in [2.75, 3.05) is 6.54 Å². The molecule has 0 saturated carbocycles. The molecule has 0 spiro atoms. The van der Waals surface area contributed by atoms with Crippen LogP contribution in [0.25, 0.3) is 0 Å². The average molecular weight is 285 g/mol. The maximum Gasteiger partial charge on any atom is 0.280 e. The zero-order chi connectivity index (χ0) is 14.0. The maximum absolute atomic E-state index is 11.7. The molecule has 2 rings (SSSR count). The minimum Gasteiger partial charge on any atom is -0.302 e. The van der Waals surface area contributed by atoms with Gasteiger partial charge in [-0.3, -0.25) is 10.1 Å². The van der Waals surface area contributed by atoms with Gasteiger partial charge in [-0.2, -0.15) is 17.4 Å². The Hall–Kier alpha value is -1.84. The van der Waals surface area contributed by atoms with Gasteiger partial charge in [-0.25, -0.2) is 0 Å². The number of hydrogen-bond acceptors (Lipinski definition) is 5. The lowest BCUT2D eigenvalue weighted by Crippen LogP contribution is -2.30. The first-order valence-electron chi connectivity index (χ1n) is 5.39. The van der Waals surface area contributed by atoms with Gasteiger partial charge in [0.25, 0.3) is 15.9 Å². The average Bonchev–Trinajstić information content (AvgIpc) is 2.65. The summed E-state index contributed by atoms with van der Waals surface area (Å²) in [6.07, 6.45) is 0.497. The van der Waals surface area contributed by atoms with Gasteiger partial charge >= 0.3 is 0 Å². The summed E-state index contributed by atoms with van der Waals surface area (Å²) in [4.78, 5) is 20.9. The standard InChI is InChI=1S/C10H11N3O5S/c14-7-9-6-12(19(17,18)11-9)5-8-3-1-2-4-10(8)13(15)16/h1-4,7,9,11H,5-6H2. The van der Waals surface area contributed by atoms with Crippen LogP contribution in [0.1, 0.15) is 5.56 Å². The molecule has 8 nitrogen and oxygen atoms in total. The third kappa shape index (κ3) is 2.78. The van der Waals surface area contributed by atoms with E-state index in [1.165, 1.54) is 18.2 Å². The van der Waals surface area contributed by atoms with Crippen LogP contribution in [0.4, 0.5) is 5.69 Å². The van der Waals surface area contributed by atoms with Crippen molar-refractivity contribution in [1.29, 1.82) is 0 Å². The van der Waals surface area contributed by atoms with Crippen molar-refractivity contribution in [3.05, 3.63) is 39.9 Å². The molecule has 9 heteroatoms. The monoisotopic (exact) mass is 285 g/mol. The molecule has 19 heavy (non-hydrogen) atoms. The van der Waals surface area contributed by atoms with E-state index in [-0.39, 0.29) is 24.3 Å². The summed E-state index contributed by atoms with van der Waals surface area (Å²) in [5.74, 6) is 0. The lowest BCUT2D eigenvalue weighted by atomic mass is 10.2. The number of nitro benzene ring substituents is 1. The normalized spacial score (nSPS) is 22.2. The van der Waals surface area contributed by atoms with Gasteiger partial charge in [0.15, 0.2) is 0 Å². The second kappa shape index (κ2) is 5.03. The van der Waals surface area contributed by atoms with Gasteiger partial charge in [0.05, 0.1) is 11.0 Å². The molecule has 1 atom stereocenters. The van der Waals surface area contributed by atoms with E-state index in [1.54, 1.807) is 6.07 Å². The smallest absolute Gasteiger partial charge is 0.280 e. The molecule has 0 aliphatic carbocycles. The van der Waals surface area contributed by atoms with Gasteiger partial charge in [0.1, 0.15) is 6.29 Å². The third-order valence-electron chi connectivity index (χ3n) is 2.74. The van der Waals surface area contributed by atoms with Gasteiger partial charge in [-0.05, 0) is 0 Å². The Kier molecular flexibility index (Phi) is 3.60. The van der Waals surface area contributed by atoms with Crippen LogP contribution < -0.4 is 4.72 Å². The summed E-state index contributed by atoms with van der Waals surface area (Å²) in [6, 6.07) is 5.08. The molecular formula is C10H11N3O5S. The summed E-state index contributed by atoms with van der Waals surface area (Å²) in [5.41, 5.74) is 0.136. The van der Waals surface area contributed by atoms with Crippen LogP contribution >= 0.6 is 0 Å². The molecule has 1 unspecified atom stereocenters. The van der Waals surface area contributed by atoms with Crippen LogP contribution in [0, 0.1) is 10.1 Å². The molecule has 0 aromatic heterocycles. The predicted octanol–water partition coefficient (Wildman–Crippen LogP) is -0.188. The number of rotatable bonds is 4. The van der Waals surface area contributed by atoms with Crippen LogP contribution in [-0.2, 0) is 21.5 Å². The van der Waals surface area contributed by atoms with Crippen LogP contribution in [0.2, 0.25) is 0 Å². The number of aldehydes is 1. The Bertz CT molecular complexity index is 615. The van der Waals surface area contributed by atoms with Crippen LogP contribution in [0.3, 0.4) is 0 Å². The second-order valence-electron chi connectivity index (χ2n) is 4.04. The molecule has 1 aliphatic rings. The van der Waals surface area contributed by atoms with Gasteiger partial charge in [0.2, 0.25) is 0 Å². The number of nitro groups is 1. The molecule has 1 saturated heterocycles. The zero-order valence-corrected chi connectivity index (χ0v) is 10.5. The van der Waals surface area contributed by atoms with Crippen molar-refractivity contribution in [1.82, 2.24) is 9.03 Å². The van der Waals surface area contributed by atoms with Gasteiger partial charge in [0, 0.05) is 24.7 Å². The van der Waals surface area contributed by atoms with Crippen molar-refractivity contribution in [3.63, 3.8) is 0 Å². The third-order valence-corrected chi connectivity index (χ3v) is 4.30. The Morgan fingerprint density at radius 3 is 2.74 bits per heavy atom. The lowest BCUT2D eigenvalue weighted by Gasteiger charge is -2.13. The largest absolute Gasteiger partial charge is 0.302 e. The van der Waals surface area contributed by atoms with Gasteiger partial charge < -0.3 is 4.79 Å². The Morgan fingerprint density at radius 1 is 1.47 bits per heavy atom. The van der Waals surface area contributed by atoms with Crippen molar-refractivity contribution in [2.45, 2.75) is 12.6 Å². The topological polar surface area (TPSA) is 110 Å². The maximum atomic E-state index is 11.7. The van der Waals surface area contributed by atoms with E-state index in [0.29, 0.717) is 6.29 Å². The first kappa shape index (κ1) is 13.6. The number of hydrogen-bond donors (Lipinski definition) is 1. The highest BCUT2D eigenvalue weighted by Gasteiger charge is 2.35. The van der Waals surface area contributed by atoms with E-state index in [1.807, 2.05) is 0 Å². The number of para-hydroxylation sites is 1. The van der Waals surface area contributed by atoms with Crippen molar-refractivity contribution < 1.29 is 18.1 Å². The highest BCUT2D eigenvalue weighted by molar-refractivity contribution is 7.87. The summed E-state index contributed by atoms with van der Waals surface area (Å²) < 4.78 is 26.6. The summed E-state index contributed by atoms with van der Waals surface area (Å²) in [7, 11) is -3.76. The molecule has 1 heterocycles. The Labute approximate surface area is 109 Å². The van der Waals surface area contributed by atoms with E-state index in [0.717, 1.165) is 4.31 Å². The van der Waals surface area contributed by atoms with Gasteiger partial charge in [-0.1, -0.05) is 18.2 Å². The molecule has 1 N–H and O–H groups in total. The zero-order valence-electron chi connectivity index (χ0n) is 9.72. The molecule has 0 bridgehead atoms. The van der Waals surface area contributed by atoms with E-state index in [4.69, 9.17) is 0 Å². The molecular weight excluding hydrogens is 274 g/mol. The van der Waals surface area contributed by atoms with Crippen molar-refractivity contribution in [2.24, 2.45) is 0 Å². The van der Waals surface area contributed by atoms with Crippen LogP contribution in [0.15, 0.2) is 24.3 Å². The molecule has 1 fully saturated rings. The molecule has 0 radical (unpaired) electrons. The number of carbonyl (C=O) groups excluding carboxylic acids is 1. The minimum absolute atomic E-state index is 0.0299. The first-order chi connectivity index (χ1) is 8.94. The van der Waals surface area contributed by atoms with Gasteiger partial charge in [-0.15, -0.1) is 0 Å². The fourth-order valence-electron chi connectivity index (χ4n) is 1.85. The molecule has 1 aliphatic heterocycles. The molecule has 1 aromatic carbocycles. The number of nitrogens with one attached hydrogen (secondary N) is 1. The minimum atomic E-state index is -3.76. The molecule has 1 aromatic rings. The summed E-state index contributed by atoms with van der Waals surface area (Å²) in [5, 5.41) is 10.8. The Morgan fingerprint density at radius 2 is 2.16 bits per heavy atom. The van der Waals surface area contributed by atoms with Crippen LogP contribution in [-0.4, -0.2) is 36.5 Å². The van der Waals surface area contributed by atoms with E-state index in [9.17, 15) is 23.3 Å². The SMILES string of the molecule is O=CC1CN(Cc2ccccc2[N+](=O)[O-])S(=O)(=O)N1. The van der Waals surface area contributed by atoms with E-state index < -0.39 is 21.2 Å². The highest BCUT2D eigenvalue weighted by Crippen LogP contribution is 2.22. The van der Waals surface area contributed by atoms with E-state index >= 15 is 0 Å². The summed E-state index contributed by atoms with van der Waals surface area (Å²) >= 11 is 0. The first-order valence-corrected chi connectivity index (χ1v) is 6.83. The molecule has 102 valence electrons. The fourth-order valence-corrected chi connectivity index (χ4v) is 3.18. The number of benzene rings is 1. The number of nitrogens with zero attached hydrogens (tertiary/aromatic N) is 2. The summed E-state index contributed by atoms with van der Waals surface area (Å²) in [6.45, 7) is -0.172.